The number of hydrogen-bond acceptors (Lipinski definition) is 0. The molecule has 0 rings (SSSR count). The van der Waals surface area contributed by atoms with E-state index >= 15 is 0 Å². The molecule has 0 unspecified atom stereocenters. The highest BCUT2D eigenvalue weighted by Crippen LogP contribution is 2.37. The quantitative estimate of drug-likeness (QED) is 0.151. The minimum Gasteiger partial charge on any atom is -0.0654 e. The summed E-state index contributed by atoms with van der Waals surface area (Å²) in [7, 11) is 0. The van der Waals surface area contributed by atoms with Crippen molar-refractivity contribution in [3.8, 4) is 0 Å². The minimum absolute atomic E-state index is 0.637. The van der Waals surface area contributed by atoms with Gasteiger partial charge in [-0.1, -0.05) is 156 Å². The summed E-state index contributed by atoms with van der Waals surface area (Å²) < 4.78 is 0. The summed E-state index contributed by atoms with van der Waals surface area (Å²) in [4.78, 5) is 0. The first-order chi connectivity index (χ1) is 13.7. The number of unbranched alkanes of at least 4 members (excludes halogenated alkanes) is 17. The lowest BCUT2D eigenvalue weighted by atomic mass is 9.75. The van der Waals surface area contributed by atoms with Crippen LogP contribution < -0.4 is 0 Å². The van der Waals surface area contributed by atoms with E-state index in [-0.39, 0.29) is 0 Å². The zero-order valence-electron chi connectivity index (χ0n) is 20.8. The van der Waals surface area contributed by atoms with Crippen molar-refractivity contribution in [2.24, 2.45) is 5.41 Å². The largest absolute Gasteiger partial charge is 0.0654 e. The molecule has 0 amide bonds. The summed E-state index contributed by atoms with van der Waals surface area (Å²) in [5.74, 6) is 0. The predicted molar refractivity (Wildman–Crippen MR) is 131 cm³/mol. The Morgan fingerprint density at radius 1 is 0.321 bits per heavy atom. The van der Waals surface area contributed by atoms with Crippen LogP contribution in [-0.2, 0) is 0 Å². The maximum Gasteiger partial charge on any atom is -0.0326 e. The van der Waals surface area contributed by atoms with Gasteiger partial charge >= 0.3 is 0 Å². The third-order valence-corrected chi connectivity index (χ3v) is 6.90. The van der Waals surface area contributed by atoms with Crippen molar-refractivity contribution in [1.29, 1.82) is 0 Å². The zero-order valence-corrected chi connectivity index (χ0v) is 20.8. The maximum absolute atomic E-state index is 2.63. The van der Waals surface area contributed by atoms with Gasteiger partial charge in [0.15, 0.2) is 0 Å². The molecule has 0 aromatic rings. The average molecular weight is 395 g/mol. The summed E-state index contributed by atoms with van der Waals surface area (Å²) in [5, 5.41) is 0. The van der Waals surface area contributed by atoms with E-state index in [1.807, 2.05) is 0 Å². The molecular formula is C28H58. The lowest BCUT2D eigenvalue weighted by Gasteiger charge is -2.30. The highest BCUT2D eigenvalue weighted by molar-refractivity contribution is 4.75. The van der Waals surface area contributed by atoms with Gasteiger partial charge in [0, 0.05) is 0 Å². The first-order valence-corrected chi connectivity index (χ1v) is 13.7. The third-order valence-electron chi connectivity index (χ3n) is 6.90. The Morgan fingerprint density at radius 2 is 0.536 bits per heavy atom. The van der Waals surface area contributed by atoms with Crippen LogP contribution >= 0.6 is 0 Å². The molecule has 0 spiro atoms. The molecule has 0 heterocycles. The molecular weight excluding hydrogens is 336 g/mol. The topological polar surface area (TPSA) is 0 Å². The molecule has 0 aliphatic heterocycles. The SMILES string of the molecule is CCCCCCCCCC(C)(CCCCCCCC)CCCCCCCCC. The van der Waals surface area contributed by atoms with Gasteiger partial charge in [0.1, 0.15) is 0 Å². The Labute approximate surface area is 181 Å². The van der Waals surface area contributed by atoms with E-state index in [0.717, 1.165) is 0 Å². The van der Waals surface area contributed by atoms with Crippen molar-refractivity contribution < 1.29 is 0 Å². The summed E-state index contributed by atoms with van der Waals surface area (Å²) in [5.41, 5.74) is 0.637. The summed E-state index contributed by atoms with van der Waals surface area (Å²) in [6.07, 6.45) is 33.5. The Bertz CT molecular complexity index is 262. The maximum atomic E-state index is 2.63. The normalized spacial score (nSPS) is 12.0. The molecule has 0 fully saturated rings. The molecule has 0 heteroatoms. The summed E-state index contributed by atoms with van der Waals surface area (Å²) in [6, 6.07) is 0. The standard InChI is InChI=1S/C28H58/c1-5-8-11-14-17-20-23-26-28(4,25-22-19-16-13-10-7-3)27-24-21-18-15-12-9-6-2/h5-27H2,1-4H3. The van der Waals surface area contributed by atoms with E-state index in [2.05, 4.69) is 27.7 Å². The number of hydrogen-bond donors (Lipinski definition) is 0. The summed E-state index contributed by atoms with van der Waals surface area (Å²) in [6.45, 7) is 9.59. The van der Waals surface area contributed by atoms with Crippen molar-refractivity contribution >= 4 is 0 Å². The van der Waals surface area contributed by atoms with Gasteiger partial charge in [-0.25, -0.2) is 0 Å². The van der Waals surface area contributed by atoms with Gasteiger partial charge in [-0.2, -0.15) is 0 Å². The van der Waals surface area contributed by atoms with Crippen molar-refractivity contribution in [2.75, 3.05) is 0 Å². The molecule has 0 bridgehead atoms. The molecule has 0 aliphatic rings. The van der Waals surface area contributed by atoms with Crippen LogP contribution in [0.15, 0.2) is 0 Å². The Balaban J connectivity index is 4.02. The molecule has 0 N–H and O–H groups in total. The van der Waals surface area contributed by atoms with Gasteiger partial charge in [0.05, 0.1) is 0 Å². The van der Waals surface area contributed by atoms with Gasteiger partial charge in [-0.15, -0.1) is 0 Å². The summed E-state index contributed by atoms with van der Waals surface area (Å²) >= 11 is 0. The van der Waals surface area contributed by atoms with Crippen molar-refractivity contribution in [2.45, 2.75) is 175 Å². The molecule has 0 radical (unpaired) electrons. The average Bonchev–Trinajstić information content (AvgIpc) is 2.69. The van der Waals surface area contributed by atoms with Crippen molar-refractivity contribution in [3.63, 3.8) is 0 Å². The fourth-order valence-electron chi connectivity index (χ4n) is 4.72. The fourth-order valence-corrected chi connectivity index (χ4v) is 4.72. The van der Waals surface area contributed by atoms with Crippen LogP contribution in [0.5, 0.6) is 0 Å². The lowest BCUT2D eigenvalue weighted by Crippen LogP contribution is -2.16. The second-order valence-corrected chi connectivity index (χ2v) is 10.1. The van der Waals surface area contributed by atoms with E-state index in [1.165, 1.54) is 148 Å². The predicted octanol–water partition coefficient (Wildman–Crippen LogP) is 11.0. The molecule has 0 aliphatic carbocycles. The van der Waals surface area contributed by atoms with Crippen LogP contribution in [-0.4, -0.2) is 0 Å². The molecule has 0 nitrogen and oxygen atoms in total. The van der Waals surface area contributed by atoms with E-state index in [9.17, 15) is 0 Å². The first kappa shape index (κ1) is 28.0. The van der Waals surface area contributed by atoms with Gasteiger partial charge in [0.25, 0.3) is 0 Å². The Kier molecular flexibility index (Phi) is 21.7. The van der Waals surface area contributed by atoms with Crippen molar-refractivity contribution in [1.82, 2.24) is 0 Å². The highest BCUT2D eigenvalue weighted by atomic mass is 14.3. The van der Waals surface area contributed by atoms with Gasteiger partial charge in [-0.3, -0.25) is 0 Å². The second-order valence-electron chi connectivity index (χ2n) is 10.1. The molecule has 0 saturated carbocycles. The van der Waals surface area contributed by atoms with Crippen LogP contribution in [0.1, 0.15) is 175 Å². The lowest BCUT2D eigenvalue weighted by molar-refractivity contribution is 0.222. The molecule has 170 valence electrons. The molecule has 28 heavy (non-hydrogen) atoms. The van der Waals surface area contributed by atoms with Gasteiger partial charge in [0.2, 0.25) is 0 Å². The molecule has 0 aromatic heterocycles. The van der Waals surface area contributed by atoms with Crippen LogP contribution in [0.25, 0.3) is 0 Å². The number of rotatable bonds is 23. The Morgan fingerprint density at radius 3 is 0.786 bits per heavy atom. The Hall–Kier alpha value is 0. The van der Waals surface area contributed by atoms with Gasteiger partial charge < -0.3 is 0 Å². The van der Waals surface area contributed by atoms with Crippen LogP contribution in [0, 0.1) is 5.41 Å². The first-order valence-electron chi connectivity index (χ1n) is 13.7. The fraction of sp³-hybridized carbons (Fsp3) is 1.00. The molecule has 0 atom stereocenters. The van der Waals surface area contributed by atoms with E-state index < -0.39 is 0 Å². The van der Waals surface area contributed by atoms with Crippen LogP contribution in [0.2, 0.25) is 0 Å². The third kappa shape index (κ3) is 19.3. The van der Waals surface area contributed by atoms with Crippen LogP contribution in [0.4, 0.5) is 0 Å². The van der Waals surface area contributed by atoms with E-state index in [1.54, 1.807) is 0 Å². The van der Waals surface area contributed by atoms with Gasteiger partial charge in [-0.05, 0) is 24.7 Å². The molecule has 0 aromatic carbocycles. The minimum atomic E-state index is 0.637. The smallest absolute Gasteiger partial charge is 0.0326 e. The second kappa shape index (κ2) is 21.7. The monoisotopic (exact) mass is 394 g/mol. The highest BCUT2D eigenvalue weighted by Gasteiger charge is 2.22. The van der Waals surface area contributed by atoms with Crippen molar-refractivity contribution in [3.05, 3.63) is 0 Å². The molecule has 0 saturated heterocycles. The van der Waals surface area contributed by atoms with E-state index in [4.69, 9.17) is 0 Å². The van der Waals surface area contributed by atoms with Crippen LogP contribution in [0.3, 0.4) is 0 Å². The van der Waals surface area contributed by atoms with E-state index in [0.29, 0.717) is 5.41 Å². The zero-order chi connectivity index (χ0) is 20.8.